The Morgan fingerprint density at radius 2 is 2.04 bits per heavy atom. The van der Waals surface area contributed by atoms with Crippen LogP contribution in [0, 0.1) is 6.92 Å². The molecule has 0 aromatic carbocycles. The lowest BCUT2D eigenvalue weighted by atomic mass is 10.1. The molecule has 7 nitrogen and oxygen atoms in total. The number of thiazole rings is 1. The number of aryl methyl sites for hydroxylation is 1. The largest absolute Gasteiger partial charge is 0.469 e. The van der Waals surface area contributed by atoms with Gasteiger partial charge in [0.05, 0.1) is 30.0 Å². The van der Waals surface area contributed by atoms with Gasteiger partial charge in [0, 0.05) is 17.8 Å². The summed E-state index contributed by atoms with van der Waals surface area (Å²) in [6.45, 7) is 3.63. The van der Waals surface area contributed by atoms with E-state index in [0.717, 1.165) is 5.56 Å². The molecule has 2 N–H and O–H groups in total. The molecule has 8 heteroatoms. The number of hydrogen-bond acceptors (Lipinski definition) is 6. The van der Waals surface area contributed by atoms with Crippen LogP contribution in [0.1, 0.15) is 40.3 Å². The van der Waals surface area contributed by atoms with Crippen LogP contribution >= 0.6 is 11.3 Å². The fourth-order valence-electron chi connectivity index (χ4n) is 2.42. The zero-order chi connectivity index (χ0) is 18.5. The van der Waals surface area contributed by atoms with E-state index in [2.05, 4.69) is 20.6 Å². The maximum Gasteiger partial charge on any atom is 0.260 e. The van der Waals surface area contributed by atoms with Gasteiger partial charge in [-0.3, -0.25) is 19.9 Å². The van der Waals surface area contributed by atoms with Gasteiger partial charge < -0.3 is 9.73 Å². The first-order chi connectivity index (χ1) is 12.5. The summed E-state index contributed by atoms with van der Waals surface area (Å²) in [7, 11) is 0. The second kappa shape index (κ2) is 7.92. The van der Waals surface area contributed by atoms with Crippen molar-refractivity contribution in [1.29, 1.82) is 0 Å². The average Bonchev–Trinajstić information content (AvgIpc) is 3.24. The zero-order valence-corrected chi connectivity index (χ0v) is 15.2. The van der Waals surface area contributed by atoms with Crippen LogP contribution in [0.4, 0.5) is 5.13 Å². The van der Waals surface area contributed by atoms with Crippen LogP contribution in [0.25, 0.3) is 0 Å². The van der Waals surface area contributed by atoms with Crippen molar-refractivity contribution in [1.82, 2.24) is 15.3 Å². The Labute approximate surface area is 154 Å². The molecule has 0 aliphatic carbocycles. The molecule has 3 aromatic heterocycles. The highest BCUT2D eigenvalue weighted by atomic mass is 32.1. The van der Waals surface area contributed by atoms with Crippen LogP contribution in [0.3, 0.4) is 0 Å². The van der Waals surface area contributed by atoms with Gasteiger partial charge in [-0.05, 0) is 37.6 Å². The van der Waals surface area contributed by atoms with E-state index in [4.69, 9.17) is 4.42 Å². The number of rotatable bonds is 6. The van der Waals surface area contributed by atoms with Crippen LogP contribution in [-0.2, 0) is 11.2 Å². The van der Waals surface area contributed by atoms with E-state index < -0.39 is 0 Å². The molecule has 0 aliphatic rings. The summed E-state index contributed by atoms with van der Waals surface area (Å²) in [6, 6.07) is 5.21. The van der Waals surface area contributed by atoms with E-state index in [9.17, 15) is 9.59 Å². The Bertz CT molecular complexity index is 904. The summed E-state index contributed by atoms with van der Waals surface area (Å²) in [5.41, 5.74) is 2.05. The normalized spacial score (nSPS) is 11.8. The maximum absolute atomic E-state index is 12.2. The van der Waals surface area contributed by atoms with Gasteiger partial charge in [-0.1, -0.05) is 0 Å². The Morgan fingerprint density at radius 1 is 1.27 bits per heavy atom. The minimum absolute atomic E-state index is 0.118. The van der Waals surface area contributed by atoms with Crippen LogP contribution in [0.15, 0.2) is 46.7 Å². The van der Waals surface area contributed by atoms with Crippen molar-refractivity contribution in [3.8, 4) is 0 Å². The minimum atomic E-state index is -0.284. The Morgan fingerprint density at radius 3 is 2.73 bits per heavy atom. The lowest BCUT2D eigenvalue weighted by Gasteiger charge is -2.13. The van der Waals surface area contributed by atoms with E-state index in [1.54, 1.807) is 30.8 Å². The van der Waals surface area contributed by atoms with Gasteiger partial charge in [0.15, 0.2) is 5.13 Å². The van der Waals surface area contributed by atoms with Crippen molar-refractivity contribution in [3.63, 3.8) is 0 Å². The van der Waals surface area contributed by atoms with Gasteiger partial charge >= 0.3 is 0 Å². The van der Waals surface area contributed by atoms with Crippen LogP contribution in [0.2, 0.25) is 0 Å². The zero-order valence-electron chi connectivity index (χ0n) is 14.4. The van der Waals surface area contributed by atoms with Crippen molar-refractivity contribution in [2.75, 3.05) is 5.32 Å². The summed E-state index contributed by atoms with van der Waals surface area (Å²) >= 11 is 1.28. The van der Waals surface area contributed by atoms with Crippen molar-refractivity contribution >= 4 is 28.3 Å². The SMILES string of the molecule is Cc1occc1C(=O)Nc1nc(CC(=O)N[C@@H](C)c2ccncc2)cs1. The van der Waals surface area contributed by atoms with Gasteiger partial charge in [0.25, 0.3) is 5.91 Å². The number of carbonyl (C=O) groups is 2. The molecule has 3 rings (SSSR count). The van der Waals surface area contributed by atoms with E-state index in [-0.39, 0.29) is 24.3 Å². The number of nitrogens with zero attached hydrogens (tertiary/aromatic N) is 2. The molecule has 0 saturated carbocycles. The molecule has 1 atom stereocenters. The highest BCUT2D eigenvalue weighted by Gasteiger charge is 2.15. The molecule has 2 amide bonds. The Hall–Kier alpha value is -3.00. The first-order valence-corrected chi connectivity index (χ1v) is 8.90. The molecule has 0 saturated heterocycles. The van der Waals surface area contributed by atoms with Crippen molar-refractivity contribution in [2.45, 2.75) is 26.3 Å². The quantitative estimate of drug-likeness (QED) is 0.695. The molecule has 26 heavy (non-hydrogen) atoms. The molecule has 0 fully saturated rings. The van der Waals surface area contributed by atoms with Crippen LogP contribution in [-0.4, -0.2) is 21.8 Å². The van der Waals surface area contributed by atoms with Crippen LogP contribution in [0.5, 0.6) is 0 Å². The van der Waals surface area contributed by atoms with Crippen molar-refractivity contribution < 1.29 is 14.0 Å². The van der Waals surface area contributed by atoms with Gasteiger partial charge in [0.1, 0.15) is 5.76 Å². The number of pyridine rings is 1. The minimum Gasteiger partial charge on any atom is -0.469 e. The topological polar surface area (TPSA) is 97.1 Å². The summed E-state index contributed by atoms with van der Waals surface area (Å²) in [6.07, 6.45) is 4.99. The summed E-state index contributed by atoms with van der Waals surface area (Å²) in [5, 5.41) is 7.84. The summed E-state index contributed by atoms with van der Waals surface area (Å²) in [5.74, 6) is 0.125. The molecule has 0 bridgehead atoms. The molecule has 0 spiro atoms. The number of aromatic nitrogens is 2. The second-order valence-corrected chi connectivity index (χ2v) is 6.59. The molecule has 3 heterocycles. The van der Waals surface area contributed by atoms with Gasteiger partial charge in [0.2, 0.25) is 5.91 Å². The monoisotopic (exact) mass is 370 g/mol. The predicted molar refractivity (Wildman–Crippen MR) is 98.0 cm³/mol. The fraction of sp³-hybridized carbons (Fsp3) is 0.222. The first-order valence-electron chi connectivity index (χ1n) is 8.02. The molecule has 134 valence electrons. The summed E-state index contributed by atoms with van der Waals surface area (Å²) < 4.78 is 5.12. The van der Waals surface area contributed by atoms with Gasteiger partial charge in [-0.2, -0.15) is 0 Å². The molecular weight excluding hydrogens is 352 g/mol. The van der Waals surface area contributed by atoms with Crippen LogP contribution < -0.4 is 10.6 Å². The third kappa shape index (κ3) is 4.34. The number of hydrogen-bond donors (Lipinski definition) is 2. The number of anilines is 1. The molecule has 0 aliphatic heterocycles. The number of carbonyl (C=O) groups excluding carboxylic acids is 2. The average molecular weight is 370 g/mol. The Balaban J connectivity index is 1.55. The van der Waals surface area contributed by atoms with E-state index in [1.807, 2.05) is 19.1 Å². The summed E-state index contributed by atoms with van der Waals surface area (Å²) in [4.78, 5) is 32.6. The van der Waals surface area contributed by atoms with Crippen molar-refractivity contribution in [3.05, 3.63) is 64.8 Å². The lowest BCUT2D eigenvalue weighted by Crippen LogP contribution is -2.28. The van der Waals surface area contributed by atoms with E-state index >= 15 is 0 Å². The molecule has 0 unspecified atom stereocenters. The van der Waals surface area contributed by atoms with E-state index in [1.165, 1.54) is 17.6 Å². The van der Waals surface area contributed by atoms with E-state index in [0.29, 0.717) is 22.1 Å². The number of nitrogens with one attached hydrogen (secondary N) is 2. The third-order valence-electron chi connectivity index (χ3n) is 3.80. The standard InChI is InChI=1S/C18H18N4O3S/c1-11(13-3-6-19-7-4-13)20-16(23)9-14-10-26-18(21-14)22-17(24)15-5-8-25-12(15)2/h3-8,10-11H,9H2,1-2H3,(H,20,23)(H,21,22,24)/t11-/m0/s1. The van der Waals surface area contributed by atoms with Crippen molar-refractivity contribution in [2.24, 2.45) is 0 Å². The highest BCUT2D eigenvalue weighted by Crippen LogP contribution is 2.19. The molecule has 3 aromatic rings. The predicted octanol–water partition coefficient (Wildman–Crippen LogP) is 3.11. The number of furan rings is 1. The molecule has 0 radical (unpaired) electrons. The number of amides is 2. The third-order valence-corrected chi connectivity index (χ3v) is 4.61. The smallest absolute Gasteiger partial charge is 0.260 e. The first kappa shape index (κ1) is 17.8. The molecular formula is C18H18N4O3S. The van der Waals surface area contributed by atoms with Gasteiger partial charge in [-0.25, -0.2) is 4.98 Å². The highest BCUT2D eigenvalue weighted by molar-refractivity contribution is 7.14. The maximum atomic E-state index is 12.2. The van der Waals surface area contributed by atoms with Gasteiger partial charge in [-0.15, -0.1) is 11.3 Å². The second-order valence-electron chi connectivity index (χ2n) is 5.74. The lowest BCUT2D eigenvalue weighted by molar-refractivity contribution is -0.121. The fourth-order valence-corrected chi connectivity index (χ4v) is 3.13. The Kier molecular flexibility index (Phi) is 5.43.